The second-order valence-electron chi connectivity index (χ2n) is 6.56. The average Bonchev–Trinajstić information content (AvgIpc) is 3.42. The van der Waals surface area contributed by atoms with Gasteiger partial charge in [0.25, 0.3) is 0 Å². The Hall–Kier alpha value is -2.51. The predicted molar refractivity (Wildman–Crippen MR) is 106 cm³/mol. The van der Waals surface area contributed by atoms with Crippen molar-refractivity contribution in [3.05, 3.63) is 64.5 Å². The lowest BCUT2D eigenvalue weighted by Gasteiger charge is -2.16. The third-order valence-corrected chi connectivity index (χ3v) is 6.76. The van der Waals surface area contributed by atoms with Crippen LogP contribution >= 0.6 is 22.7 Å². The Balaban J connectivity index is 1.47. The van der Waals surface area contributed by atoms with Crippen LogP contribution in [-0.4, -0.2) is 40.0 Å². The van der Waals surface area contributed by atoms with Crippen molar-refractivity contribution in [1.82, 2.24) is 9.88 Å². The Morgan fingerprint density at radius 3 is 2.63 bits per heavy atom. The molecule has 0 saturated carbocycles. The zero-order valence-corrected chi connectivity index (χ0v) is 16.1. The van der Waals surface area contributed by atoms with Crippen LogP contribution in [0.25, 0.3) is 9.88 Å². The van der Waals surface area contributed by atoms with Gasteiger partial charge in [0.05, 0.1) is 22.9 Å². The van der Waals surface area contributed by atoms with Crippen molar-refractivity contribution in [1.29, 1.82) is 0 Å². The smallest absolute Gasteiger partial charge is 0.308 e. The number of aromatic nitrogens is 1. The number of nitrogens with zero attached hydrogens (tertiary/aromatic N) is 2. The summed E-state index contributed by atoms with van der Waals surface area (Å²) in [5.41, 5.74) is 1.71. The minimum atomic E-state index is -0.854. The first-order valence-corrected chi connectivity index (χ1v) is 10.4. The number of benzene rings is 1. The van der Waals surface area contributed by atoms with Crippen molar-refractivity contribution in [2.75, 3.05) is 13.1 Å². The molecule has 1 amide bonds. The van der Waals surface area contributed by atoms with Crippen molar-refractivity contribution in [2.24, 2.45) is 5.92 Å². The van der Waals surface area contributed by atoms with E-state index in [1.54, 1.807) is 16.2 Å². The van der Waals surface area contributed by atoms with Gasteiger partial charge in [0.1, 0.15) is 5.01 Å². The summed E-state index contributed by atoms with van der Waals surface area (Å²) in [5, 5.41) is 14.4. The summed E-state index contributed by atoms with van der Waals surface area (Å²) in [6, 6.07) is 13.6. The lowest BCUT2D eigenvalue weighted by Crippen LogP contribution is -2.31. The number of aliphatic carboxylic acids is 1. The van der Waals surface area contributed by atoms with Gasteiger partial charge in [-0.1, -0.05) is 36.4 Å². The summed E-state index contributed by atoms with van der Waals surface area (Å²) in [6.07, 6.45) is 0.204. The Bertz CT molecular complexity index is 937. The summed E-state index contributed by atoms with van der Waals surface area (Å²) in [4.78, 5) is 31.8. The third-order valence-electron chi connectivity index (χ3n) is 4.83. The van der Waals surface area contributed by atoms with E-state index in [-0.39, 0.29) is 24.8 Å². The molecule has 5 nitrogen and oxygen atoms in total. The molecule has 138 valence electrons. The van der Waals surface area contributed by atoms with Crippen LogP contribution in [0.15, 0.2) is 53.2 Å². The summed E-state index contributed by atoms with van der Waals surface area (Å²) < 4.78 is 0. The van der Waals surface area contributed by atoms with Gasteiger partial charge in [-0.2, -0.15) is 0 Å². The van der Waals surface area contributed by atoms with Crippen LogP contribution in [0, 0.1) is 5.92 Å². The largest absolute Gasteiger partial charge is 0.481 e. The van der Waals surface area contributed by atoms with E-state index >= 15 is 0 Å². The van der Waals surface area contributed by atoms with E-state index in [4.69, 9.17) is 0 Å². The molecule has 0 spiro atoms. The maximum Gasteiger partial charge on any atom is 0.308 e. The van der Waals surface area contributed by atoms with Gasteiger partial charge in [-0.05, 0) is 17.0 Å². The summed E-state index contributed by atoms with van der Waals surface area (Å²) in [5.74, 6) is -1.67. The van der Waals surface area contributed by atoms with E-state index in [1.165, 1.54) is 11.3 Å². The Morgan fingerprint density at radius 1 is 1.11 bits per heavy atom. The number of amides is 1. The standard InChI is InChI=1S/C20H18N2O3S2/c23-18(9-14-12-27-19(21-14)17-7-4-8-26-17)22-10-15(16(11-22)20(24)25)13-5-2-1-3-6-13/h1-8,12,15-16H,9-11H2,(H,24,25). The molecule has 0 bridgehead atoms. The van der Waals surface area contributed by atoms with Crippen LogP contribution in [0.3, 0.4) is 0 Å². The van der Waals surface area contributed by atoms with Gasteiger partial charge in [0.2, 0.25) is 5.91 Å². The fourth-order valence-corrected chi connectivity index (χ4v) is 5.10. The van der Waals surface area contributed by atoms with Gasteiger partial charge in [0.15, 0.2) is 0 Å². The maximum absolute atomic E-state index is 12.8. The van der Waals surface area contributed by atoms with E-state index in [0.29, 0.717) is 6.54 Å². The molecule has 3 aromatic rings. The number of carboxylic acids is 1. The molecule has 2 atom stereocenters. The van der Waals surface area contributed by atoms with Gasteiger partial charge in [0, 0.05) is 24.4 Å². The highest BCUT2D eigenvalue weighted by molar-refractivity contribution is 7.20. The zero-order chi connectivity index (χ0) is 18.8. The highest BCUT2D eigenvalue weighted by Crippen LogP contribution is 2.33. The van der Waals surface area contributed by atoms with E-state index in [1.807, 2.05) is 53.2 Å². The minimum absolute atomic E-state index is 0.0669. The fraction of sp³-hybridized carbons (Fsp3) is 0.250. The first-order valence-electron chi connectivity index (χ1n) is 8.65. The van der Waals surface area contributed by atoms with Crippen molar-refractivity contribution in [3.63, 3.8) is 0 Å². The van der Waals surface area contributed by atoms with Crippen molar-refractivity contribution < 1.29 is 14.7 Å². The van der Waals surface area contributed by atoms with Gasteiger partial charge in [-0.25, -0.2) is 4.98 Å². The molecule has 0 aliphatic carbocycles. The van der Waals surface area contributed by atoms with Crippen LogP contribution in [0.1, 0.15) is 17.2 Å². The summed E-state index contributed by atoms with van der Waals surface area (Å²) in [7, 11) is 0. The van der Waals surface area contributed by atoms with E-state index in [0.717, 1.165) is 21.1 Å². The molecule has 1 N–H and O–H groups in total. The Morgan fingerprint density at radius 2 is 1.93 bits per heavy atom. The van der Waals surface area contributed by atoms with Crippen LogP contribution in [0.5, 0.6) is 0 Å². The van der Waals surface area contributed by atoms with Crippen molar-refractivity contribution in [3.8, 4) is 9.88 Å². The SMILES string of the molecule is O=C(O)C1CN(C(=O)Cc2csc(-c3cccs3)n2)CC1c1ccccc1. The van der Waals surface area contributed by atoms with Crippen molar-refractivity contribution >= 4 is 34.6 Å². The molecule has 2 aromatic heterocycles. The number of hydrogen-bond donors (Lipinski definition) is 1. The molecular weight excluding hydrogens is 380 g/mol. The highest BCUT2D eigenvalue weighted by atomic mass is 32.1. The molecule has 3 heterocycles. The molecule has 1 saturated heterocycles. The van der Waals surface area contributed by atoms with Crippen LogP contribution in [0.4, 0.5) is 0 Å². The molecule has 1 aliphatic rings. The number of thiophene rings is 1. The fourth-order valence-electron chi connectivity index (χ4n) is 3.46. The molecular formula is C20H18N2O3S2. The van der Waals surface area contributed by atoms with Gasteiger partial charge in [-0.3, -0.25) is 9.59 Å². The lowest BCUT2D eigenvalue weighted by molar-refractivity contribution is -0.141. The quantitative estimate of drug-likeness (QED) is 0.711. The van der Waals surface area contributed by atoms with Gasteiger partial charge < -0.3 is 10.0 Å². The number of rotatable bonds is 5. The van der Waals surface area contributed by atoms with Crippen LogP contribution in [0.2, 0.25) is 0 Å². The second-order valence-corrected chi connectivity index (χ2v) is 8.36. The number of hydrogen-bond acceptors (Lipinski definition) is 5. The third kappa shape index (κ3) is 3.79. The Kier molecular flexibility index (Phi) is 5.05. The number of thiazole rings is 1. The number of carboxylic acid groups (broad SMARTS) is 1. The van der Waals surface area contributed by atoms with Gasteiger partial charge >= 0.3 is 5.97 Å². The average molecular weight is 399 g/mol. The zero-order valence-electron chi connectivity index (χ0n) is 14.4. The van der Waals surface area contributed by atoms with Gasteiger partial charge in [-0.15, -0.1) is 22.7 Å². The van der Waals surface area contributed by atoms with E-state index in [9.17, 15) is 14.7 Å². The number of carbonyl (C=O) groups is 2. The molecule has 7 heteroatoms. The molecule has 0 radical (unpaired) electrons. The topological polar surface area (TPSA) is 70.5 Å². The van der Waals surface area contributed by atoms with E-state index in [2.05, 4.69) is 4.98 Å². The Labute approximate surface area is 164 Å². The molecule has 1 aromatic carbocycles. The molecule has 27 heavy (non-hydrogen) atoms. The second kappa shape index (κ2) is 7.62. The molecule has 1 aliphatic heterocycles. The maximum atomic E-state index is 12.8. The predicted octanol–water partition coefficient (Wildman–Crippen LogP) is 3.74. The lowest BCUT2D eigenvalue weighted by atomic mass is 9.89. The van der Waals surface area contributed by atoms with Crippen LogP contribution < -0.4 is 0 Å². The minimum Gasteiger partial charge on any atom is -0.481 e. The molecule has 4 rings (SSSR count). The van der Waals surface area contributed by atoms with Crippen molar-refractivity contribution in [2.45, 2.75) is 12.3 Å². The first-order chi connectivity index (χ1) is 13.1. The number of likely N-dealkylation sites (tertiary alicyclic amines) is 1. The molecule has 1 fully saturated rings. The van der Waals surface area contributed by atoms with Crippen LogP contribution in [-0.2, 0) is 16.0 Å². The normalized spacial score (nSPS) is 19.3. The monoisotopic (exact) mass is 398 g/mol. The van der Waals surface area contributed by atoms with E-state index < -0.39 is 11.9 Å². The number of carbonyl (C=O) groups excluding carboxylic acids is 1. The highest BCUT2D eigenvalue weighted by Gasteiger charge is 2.40. The summed E-state index contributed by atoms with van der Waals surface area (Å²) >= 11 is 3.15. The molecule has 2 unspecified atom stereocenters. The summed E-state index contributed by atoms with van der Waals surface area (Å²) in [6.45, 7) is 0.678. The first kappa shape index (κ1) is 17.9.